The molecule has 0 saturated carbocycles. The molecule has 1 aromatic carbocycles. The lowest BCUT2D eigenvalue weighted by molar-refractivity contribution is -0.118. The van der Waals surface area contributed by atoms with Crippen molar-refractivity contribution in [2.45, 2.75) is 6.92 Å². The first-order valence-corrected chi connectivity index (χ1v) is 5.13. The molecule has 0 bridgehead atoms. The minimum atomic E-state index is -0.0301. The van der Waals surface area contributed by atoms with Crippen molar-refractivity contribution in [2.24, 2.45) is 0 Å². The number of nitrogens with one attached hydrogen (secondary N) is 2. The third-order valence-corrected chi connectivity index (χ3v) is 2.50. The molecule has 1 aromatic rings. The number of benzene rings is 1. The van der Waals surface area contributed by atoms with Crippen LogP contribution in [-0.2, 0) is 4.79 Å². The molecule has 0 radical (unpaired) electrons. The third-order valence-electron chi connectivity index (χ3n) is 1.84. The van der Waals surface area contributed by atoms with Gasteiger partial charge in [-0.25, -0.2) is 0 Å². The Bertz CT molecular complexity index is 339. The SMILES string of the molecule is CNC(=O)CNc1ccc(C)cc1Br. The first-order valence-electron chi connectivity index (χ1n) is 4.34. The Kier molecular flexibility index (Phi) is 3.95. The summed E-state index contributed by atoms with van der Waals surface area (Å²) >= 11 is 3.42. The van der Waals surface area contributed by atoms with E-state index < -0.39 is 0 Å². The summed E-state index contributed by atoms with van der Waals surface area (Å²) in [5, 5.41) is 5.58. The molecule has 0 aromatic heterocycles. The van der Waals surface area contributed by atoms with Gasteiger partial charge in [-0.1, -0.05) is 6.07 Å². The third kappa shape index (κ3) is 3.03. The van der Waals surface area contributed by atoms with E-state index >= 15 is 0 Å². The second-order valence-electron chi connectivity index (χ2n) is 3.01. The fourth-order valence-corrected chi connectivity index (χ4v) is 1.66. The molecule has 3 nitrogen and oxygen atoms in total. The highest BCUT2D eigenvalue weighted by atomic mass is 79.9. The standard InChI is InChI=1S/C10H13BrN2O/c1-7-3-4-9(8(11)5-7)13-6-10(14)12-2/h3-5,13H,6H2,1-2H3,(H,12,14). The number of carbonyl (C=O) groups excluding carboxylic acids is 1. The molecule has 0 atom stereocenters. The van der Waals surface area contributed by atoms with E-state index in [0.29, 0.717) is 0 Å². The highest BCUT2D eigenvalue weighted by molar-refractivity contribution is 9.10. The summed E-state index contributed by atoms with van der Waals surface area (Å²) in [7, 11) is 1.62. The number of rotatable bonds is 3. The highest BCUT2D eigenvalue weighted by Gasteiger charge is 2.01. The number of likely N-dealkylation sites (N-methyl/N-ethyl adjacent to an activating group) is 1. The van der Waals surface area contributed by atoms with Crippen LogP contribution in [0.5, 0.6) is 0 Å². The van der Waals surface area contributed by atoms with E-state index in [-0.39, 0.29) is 12.5 Å². The molecule has 0 aliphatic rings. The van der Waals surface area contributed by atoms with Gasteiger partial charge >= 0.3 is 0 Å². The lowest BCUT2D eigenvalue weighted by Crippen LogP contribution is -2.26. The number of aryl methyl sites for hydroxylation is 1. The molecule has 0 aliphatic carbocycles. The van der Waals surface area contributed by atoms with E-state index in [2.05, 4.69) is 26.6 Å². The summed E-state index contributed by atoms with van der Waals surface area (Å²) in [6.07, 6.45) is 0. The van der Waals surface area contributed by atoms with Gasteiger partial charge in [0.2, 0.25) is 5.91 Å². The van der Waals surface area contributed by atoms with Gasteiger partial charge in [0, 0.05) is 17.2 Å². The lowest BCUT2D eigenvalue weighted by atomic mass is 10.2. The first-order chi connectivity index (χ1) is 6.63. The number of halogens is 1. The molecule has 0 saturated heterocycles. The van der Waals surface area contributed by atoms with Crippen LogP contribution in [0, 0.1) is 6.92 Å². The van der Waals surface area contributed by atoms with Gasteiger partial charge in [-0.15, -0.1) is 0 Å². The second kappa shape index (κ2) is 5.00. The molecule has 2 N–H and O–H groups in total. The van der Waals surface area contributed by atoms with Crippen LogP contribution in [0.3, 0.4) is 0 Å². The van der Waals surface area contributed by atoms with E-state index in [0.717, 1.165) is 10.2 Å². The zero-order valence-corrected chi connectivity index (χ0v) is 9.81. The smallest absolute Gasteiger partial charge is 0.239 e. The number of amides is 1. The number of carbonyl (C=O) groups is 1. The summed E-state index contributed by atoms with van der Waals surface area (Å²) in [5.74, 6) is -0.0301. The van der Waals surface area contributed by atoms with Crippen LogP contribution >= 0.6 is 15.9 Å². The summed E-state index contributed by atoms with van der Waals surface area (Å²) in [4.78, 5) is 11.0. The normalized spacial score (nSPS) is 9.64. The minimum Gasteiger partial charge on any atom is -0.375 e. The van der Waals surface area contributed by atoms with Gasteiger partial charge in [0.15, 0.2) is 0 Å². The fraction of sp³-hybridized carbons (Fsp3) is 0.300. The van der Waals surface area contributed by atoms with Crippen molar-refractivity contribution in [3.8, 4) is 0 Å². The maximum atomic E-state index is 11.0. The minimum absolute atomic E-state index is 0.0301. The molecule has 14 heavy (non-hydrogen) atoms. The largest absolute Gasteiger partial charge is 0.375 e. The Balaban J connectivity index is 2.63. The predicted molar refractivity (Wildman–Crippen MR) is 61.4 cm³/mol. The Hall–Kier alpha value is -1.03. The molecule has 4 heteroatoms. The molecule has 0 fully saturated rings. The van der Waals surface area contributed by atoms with Crippen LogP contribution in [0.25, 0.3) is 0 Å². The summed E-state index contributed by atoms with van der Waals surface area (Å²) in [6.45, 7) is 2.31. The summed E-state index contributed by atoms with van der Waals surface area (Å²) in [5.41, 5.74) is 2.11. The highest BCUT2D eigenvalue weighted by Crippen LogP contribution is 2.22. The van der Waals surface area contributed by atoms with Gasteiger partial charge in [-0.2, -0.15) is 0 Å². The Morgan fingerprint density at radius 3 is 2.79 bits per heavy atom. The molecule has 0 heterocycles. The molecule has 76 valence electrons. The van der Waals surface area contributed by atoms with Crippen LogP contribution in [-0.4, -0.2) is 19.5 Å². The van der Waals surface area contributed by atoms with E-state index in [1.54, 1.807) is 7.05 Å². The Morgan fingerprint density at radius 1 is 1.50 bits per heavy atom. The van der Waals surface area contributed by atoms with Gasteiger partial charge in [0.1, 0.15) is 0 Å². The molecule has 1 amide bonds. The van der Waals surface area contributed by atoms with Crippen LogP contribution in [0.1, 0.15) is 5.56 Å². The van der Waals surface area contributed by atoms with Gasteiger partial charge in [-0.05, 0) is 40.5 Å². The van der Waals surface area contributed by atoms with Gasteiger partial charge < -0.3 is 10.6 Å². The van der Waals surface area contributed by atoms with Crippen LogP contribution in [0.2, 0.25) is 0 Å². The molecule has 0 aliphatic heterocycles. The van der Waals surface area contributed by atoms with E-state index in [1.165, 1.54) is 5.56 Å². The van der Waals surface area contributed by atoms with Crippen molar-refractivity contribution in [3.05, 3.63) is 28.2 Å². The zero-order chi connectivity index (χ0) is 10.6. The van der Waals surface area contributed by atoms with E-state index in [1.807, 2.05) is 25.1 Å². The summed E-state index contributed by atoms with van der Waals surface area (Å²) in [6, 6.07) is 5.95. The Morgan fingerprint density at radius 2 is 2.21 bits per heavy atom. The Labute approximate surface area is 92.0 Å². The number of hydrogen-bond donors (Lipinski definition) is 2. The number of hydrogen-bond acceptors (Lipinski definition) is 2. The van der Waals surface area contributed by atoms with E-state index in [9.17, 15) is 4.79 Å². The fourth-order valence-electron chi connectivity index (χ4n) is 1.03. The van der Waals surface area contributed by atoms with Gasteiger partial charge in [0.05, 0.1) is 6.54 Å². The first kappa shape index (κ1) is 11.0. The molecule has 0 unspecified atom stereocenters. The van der Waals surface area contributed by atoms with Crippen molar-refractivity contribution in [1.82, 2.24) is 5.32 Å². The predicted octanol–water partition coefficient (Wildman–Crippen LogP) is 1.92. The van der Waals surface area contributed by atoms with Gasteiger partial charge in [0.25, 0.3) is 0 Å². The van der Waals surface area contributed by atoms with Crippen molar-refractivity contribution in [1.29, 1.82) is 0 Å². The lowest BCUT2D eigenvalue weighted by Gasteiger charge is -2.07. The second-order valence-corrected chi connectivity index (χ2v) is 3.86. The molecule has 0 spiro atoms. The molecular weight excluding hydrogens is 244 g/mol. The van der Waals surface area contributed by atoms with Crippen molar-refractivity contribution < 1.29 is 4.79 Å². The van der Waals surface area contributed by atoms with Crippen molar-refractivity contribution in [2.75, 3.05) is 18.9 Å². The zero-order valence-electron chi connectivity index (χ0n) is 8.23. The van der Waals surface area contributed by atoms with Crippen molar-refractivity contribution >= 4 is 27.5 Å². The van der Waals surface area contributed by atoms with Crippen LogP contribution in [0.4, 0.5) is 5.69 Å². The maximum Gasteiger partial charge on any atom is 0.239 e. The van der Waals surface area contributed by atoms with Gasteiger partial charge in [-0.3, -0.25) is 4.79 Å². The van der Waals surface area contributed by atoms with Crippen molar-refractivity contribution in [3.63, 3.8) is 0 Å². The monoisotopic (exact) mass is 256 g/mol. The summed E-state index contributed by atoms with van der Waals surface area (Å²) < 4.78 is 0.974. The van der Waals surface area contributed by atoms with Crippen LogP contribution < -0.4 is 10.6 Å². The van der Waals surface area contributed by atoms with Crippen LogP contribution in [0.15, 0.2) is 22.7 Å². The quantitative estimate of drug-likeness (QED) is 0.868. The average molecular weight is 257 g/mol. The maximum absolute atomic E-state index is 11.0. The molecular formula is C10H13BrN2O. The topological polar surface area (TPSA) is 41.1 Å². The number of anilines is 1. The molecule has 1 rings (SSSR count). The average Bonchev–Trinajstić information content (AvgIpc) is 2.16. The van der Waals surface area contributed by atoms with E-state index in [4.69, 9.17) is 0 Å².